The Balaban J connectivity index is 1.67. The largest absolute Gasteiger partial charge is 0.375 e. The molecular weight excluding hydrogens is 386 g/mol. The van der Waals surface area contributed by atoms with Crippen molar-refractivity contribution < 1.29 is 9.47 Å². The minimum Gasteiger partial charge on any atom is -0.375 e. The highest BCUT2D eigenvalue weighted by Gasteiger charge is 2.44. The predicted octanol–water partition coefficient (Wildman–Crippen LogP) is 1.29. The van der Waals surface area contributed by atoms with Gasteiger partial charge in [-0.15, -0.1) is 0 Å². The first kappa shape index (κ1) is 18.2. The number of fused-ring (bicyclic) bond motifs is 2. The van der Waals surface area contributed by atoms with Gasteiger partial charge in [0.1, 0.15) is 6.10 Å². The van der Waals surface area contributed by atoms with E-state index in [0.29, 0.717) is 23.5 Å². The zero-order chi connectivity index (χ0) is 19.1. The fourth-order valence-corrected chi connectivity index (χ4v) is 3.77. The van der Waals surface area contributed by atoms with Crippen molar-refractivity contribution in [1.82, 2.24) is 25.2 Å². The molecule has 2 aliphatic heterocycles. The average molecular weight is 406 g/mol. The van der Waals surface area contributed by atoms with Gasteiger partial charge in [-0.2, -0.15) is 9.78 Å². The van der Waals surface area contributed by atoms with Gasteiger partial charge in [0.15, 0.2) is 11.4 Å². The Kier molecular flexibility index (Phi) is 4.76. The van der Waals surface area contributed by atoms with Crippen molar-refractivity contribution in [2.24, 2.45) is 10.8 Å². The van der Waals surface area contributed by atoms with Crippen LogP contribution in [0.3, 0.4) is 0 Å². The SMILES string of the molecule is Cc1cc(C)cc(-n2nnn([C@@H]3CC(=NNC(N)=S)[C@H]4OC[C@@H]3O4)c2=S)c1. The second-order valence-corrected chi connectivity index (χ2v) is 7.46. The van der Waals surface area contributed by atoms with Crippen molar-refractivity contribution in [2.75, 3.05) is 6.61 Å². The third kappa shape index (κ3) is 3.50. The van der Waals surface area contributed by atoms with Gasteiger partial charge in [-0.1, -0.05) is 6.07 Å². The summed E-state index contributed by atoms with van der Waals surface area (Å²) in [4.78, 5) is 0. The summed E-state index contributed by atoms with van der Waals surface area (Å²) in [5.74, 6) is 0. The Morgan fingerprint density at radius 2 is 2.04 bits per heavy atom. The molecule has 142 valence electrons. The van der Waals surface area contributed by atoms with E-state index in [0.717, 1.165) is 16.8 Å². The van der Waals surface area contributed by atoms with Crippen molar-refractivity contribution >= 4 is 35.3 Å². The minimum atomic E-state index is -0.503. The summed E-state index contributed by atoms with van der Waals surface area (Å²) in [6.45, 7) is 4.50. The zero-order valence-corrected chi connectivity index (χ0v) is 16.5. The fourth-order valence-electron chi connectivity index (χ4n) is 3.41. The predicted molar refractivity (Wildman–Crippen MR) is 105 cm³/mol. The lowest BCUT2D eigenvalue weighted by Gasteiger charge is -2.27. The van der Waals surface area contributed by atoms with E-state index >= 15 is 0 Å². The molecular formula is C16H19N7O2S2. The summed E-state index contributed by atoms with van der Waals surface area (Å²) >= 11 is 10.4. The van der Waals surface area contributed by atoms with Crippen molar-refractivity contribution in [3.8, 4) is 5.69 Å². The number of nitrogens with two attached hydrogens (primary N) is 1. The van der Waals surface area contributed by atoms with Crippen LogP contribution in [0.15, 0.2) is 23.3 Å². The summed E-state index contributed by atoms with van der Waals surface area (Å²) in [5.41, 5.74) is 11.8. The molecule has 1 aromatic carbocycles. The number of hydrogen-bond donors (Lipinski definition) is 2. The molecule has 2 aliphatic rings. The van der Waals surface area contributed by atoms with Crippen molar-refractivity contribution in [2.45, 2.75) is 38.7 Å². The van der Waals surface area contributed by atoms with Crippen LogP contribution >= 0.6 is 24.4 Å². The van der Waals surface area contributed by atoms with E-state index in [1.54, 1.807) is 9.36 Å². The third-order valence-electron chi connectivity index (χ3n) is 4.51. The van der Waals surface area contributed by atoms with Gasteiger partial charge in [0.05, 0.1) is 24.0 Å². The van der Waals surface area contributed by atoms with Gasteiger partial charge in [0.2, 0.25) is 4.77 Å². The highest BCUT2D eigenvalue weighted by molar-refractivity contribution is 7.80. The number of aromatic nitrogens is 4. The molecule has 11 heteroatoms. The molecule has 0 saturated carbocycles. The van der Waals surface area contributed by atoms with Crippen LogP contribution in [0.4, 0.5) is 0 Å². The monoisotopic (exact) mass is 405 g/mol. The number of ether oxygens (including phenoxy) is 2. The van der Waals surface area contributed by atoms with E-state index in [9.17, 15) is 0 Å². The van der Waals surface area contributed by atoms with Crippen molar-refractivity contribution in [3.05, 3.63) is 34.1 Å². The molecule has 2 bridgehead atoms. The number of aryl methyl sites for hydroxylation is 2. The Bertz CT molecular complexity index is 963. The molecule has 0 aliphatic carbocycles. The topological polar surface area (TPSA) is 105 Å². The quantitative estimate of drug-likeness (QED) is 0.581. The molecule has 9 nitrogen and oxygen atoms in total. The smallest absolute Gasteiger partial charge is 0.221 e. The maximum absolute atomic E-state index is 5.90. The number of thiocarbonyl (C=S) groups is 1. The summed E-state index contributed by atoms with van der Waals surface area (Å²) in [5, 5.41) is 12.8. The first-order valence-corrected chi connectivity index (χ1v) is 9.26. The van der Waals surface area contributed by atoms with E-state index in [4.69, 9.17) is 39.6 Å². The molecule has 2 aromatic rings. The number of rotatable bonds is 3. The first-order valence-electron chi connectivity index (χ1n) is 8.44. The summed E-state index contributed by atoms with van der Waals surface area (Å²) in [6, 6.07) is 5.96. The van der Waals surface area contributed by atoms with Gasteiger partial charge >= 0.3 is 0 Å². The van der Waals surface area contributed by atoms with Crippen LogP contribution in [-0.2, 0) is 9.47 Å². The normalized spacial score (nSPS) is 25.7. The van der Waals surface area contributed by atoms with Gasteiger partial charge < -0.3 is 15.2 Å². The van der Waals surface area contributed by atoms with Gasteiger partial charge in [-0.3, -0.25) is 5.43 Å². The lowest BCUT2D eigenvalue weighted by atomic mass is 10.0. The standard InChI is InChI=1S/C16H19N7O2S2/c1-8-3-9(2)5-10(4-8)22-16(27)23(21-20-22)12-6-11(18-19-15(17)26)14-24-7-13(12)25-14/h3-5,12-14H,6-7H2,1-2H3,(H3,17,19,26)/t12-,13+,14+/m1/s1. The van der Waals surface area contributed by atoms with Gasteiger partial charge in [0, 0.05) is 6.42 Å². The molecule has 27 heavy (non-hydrogen) atoms. The van der Waals surface area contributed by atoms with Crippen molar-refractivity contribution in [3.63, 3.8) is 0 Å². The zero-order valence-electron chi connectivity index (χ0n) is 14.8. The van der Waals surface area contributed by atoms with E-state index in [1.165, 1.54) is 0 Å². The number of nitrogens with one attached hydrogen (secondary N) is 1. The summed E-state index contributed by atoms with van der Waals surface area (Å²) < 4.78 is 15.4. The lowest BCUT2D eigenvalue weighted by Crippen LogP contribution is -2.39. The number of nitrogens with zero attached hydrogens (tertiary/aromatic N) is 5. The highest BCUT2D eigenvalue weighted by Crippen LogP contribution is 2.33. The van der Waals surface area contributed by atoms with Crippen LogP contribution < -0.4 is 11.2 Å². The van der Waals surface area contributed by atoms with E-state index in [-0.39, 0.29) is 17.3 Å². The second-order valence-electron chi connectivity index (χ2n) is 6.65. The molecule has 2 fully saturated rings. The third-order valence-corrected chi connectivity index (χ3v) is 4.96. The molecule has 1 aromatic heterocycles. The number of hydrazone groups is 1. The summed E-state index contributed by atoms with van der Waals surface area (Å²) in [6.07, 6.45) is -0.128. The minimum absolute atomic E-state index is 0.0801. The number of hydrogen-bond acceptors (Lipinski definition) is 7. The van der Waals surface area contributed by atoms with E-state index in [1.807, 2.05) is 26.0 Å². The van der Waals surface area contributed by atoms with Gasteiger partial charge in [0.25, 0.3) is 0 Å². The Labute approximate surface area is 166 Å². The second kappa shape index (κ2) is 7.08. The van der Waals surface area contributed by atoms with Gasteiger partial charge in [-0.25, -0.2) is 4.68 Å². The Morgan fingerprint density at radius 1 is 1.30 bits per heavy atom. The maximum atomic E-state index is 5.90. The molecule has 0 radical (unpaired) electrons. The van der Waals surface area contributed by atoms with Crippen molar-refractivity contribution in [1.29, 1.82) is 0 Å². The molecule has 3 atom stereocenters. The maximum Gasteiger partial charge on any atom is 0.221 e. The first-order chi connectivity index (χ1) is 12.9. The molecule has 3 N–H and O–H groups in total. The molecule has 0 unspecified atom stereocenters. The molecule has 4 rings (SSSR count). The van der Waals surface area contributed by atoms with E-state index < -0.39 is 6.29 Å². The fraction of sp³-hybridized carbons (Fsp3) is 0.438. The molecule has 3 heterocycles. The average Bonchev–Trinajstić information content (AvgIpc) is 3.18. The van der Waals surface area contributed by atoms with Crippen LogP contribution in [0.5, 0.6) is 0 Å². The van der Waals surface area contributed by atoms with Crippen LogP contribution in [0.25, 0.3) is 5.69 Å². The number of benzene rings is 1. The van der Waals surface area contributed by atoms with Crippen LogP contribution in [0, 0.1) is 18.6 Å². The van der Waals surface area contributed by atoms with Crippen LogP contribution in [-0.4, -0.2) is 49.6 Å². The Hall–Kier alpha value is -2.21. The molecule has 0 amide bonds. The number of tetrazole rings is 1. The summed E-state index contributed by atoms with van der Waals surface area (Å²) in [7, 11) is 0. The Morgan fingerprint density at radius 3 is 2.74 bits per heavy atom. The molecule has 0 spiro atoms. The van der Waals surface area contributed by atoms with Crippen LogP contribution in [0.2, 0.25) is 0 Å². The lowest BCUT2D eigenvalue weighted by molar-refractivity contribution is -0.0324. The van der Waals surface area contributed by atoms with Crippen LogP contribution in [0.1, 0.15) is 23.6 Å². The van der Waals surface area contributed by atoms with Gasteiger partial charge in [-0.05, 0) is 72.0 Å². The van der Waals surface area contributed by atoms with E-state index in [2.05, 4.69) is 27.0 Å². The highest BCUT2D eigenvalue weighted by atomic mass is 32.1. The molecule has 2 saturated heterocycles.